The van der Waals surface area contributed by atoms with Crippen molar-refractivity contribution >= 4 is 0 Å². The molecule has 1 fully saturated rings. The molecule has 2 rings (SSSR count). The molecular formula is C15H23NO2. The first kappa shape index (κ1) is 13.5. The second kappa shape index (κ2) is 6.88. The molecular weight excluding hydrogens is 226 g/mol. The highest BCUT2D eigenvalue weighted by Crippen LogP contribution is 2.28. The molecule has 1 aromatic rings. The SMILES string of the molecule is COCCN(C)C1CC(OCc2ccccc2)C1. The molecule has 18 heavy (non-hydrogen) atoms. The lowest BCUT2D eigenvalue weighted by molar-refractivity contribution is -0.0563. The van der Waals surface area contributed by atoms with Gasteiger partial charge < -0.3 is 14.4 Å². The molecule has 0 N–H and O–H groups in total. The van der Waals surface area contributed by atoms with Crippen molar-refractivity contribution in [2.24, 2.45) is 0 Å². The van der Waals surface area contributed by atoms with Crippen LogP contribution in [0, 0.1) is 0 Å². The van der Waals surface area contributed by atoms with E-state index < -0.39 is 0 Å². The van der Waals surface area contributed by atoms with E-state index >= 15 is 0 Å². The fourth-order valence-electron chi connectivity index (χ4n) is 2.24. The number of ether oxygens (including phenoxy) is 2. The van der Waals surface area contributed by atoms with E-state index in [1.165, 1.54) is 5.56 Å². The van der Waals surface area contributed by atoms with Crippen LogP contribution in [-0.2, 0) is 16.1 Å². The Morgan fingerprint density at radius 2 is 1.94 bits per heavy atom. The normalized spacial score (nSPS) is 23.1. The number of nitrogens with zero attached hydrogens (tertiary/aromatic N) is 1. The summed E-state index contributed by atoms with van der Waals surface area (Å²) >= 11 is 0. The summed E-state index contributed by atoms with van der Waals surface area (Å²) < 4.78 is 11.0. The molecule has 0 unspecified atom stereocenters. The number of hydrogen-bond acceptors (Lipinski definition) is 3. The van der Waals surface area contributed by atoms with Crippen LogP contribution < -0.4 is 0 Å². The van der Waals surface area contributed by atoms with Gasteiger partial charge in [-0.05, 0) is 25.5 Å². The Balaban J connectivity index is 1.61. The molecule has 0 radical (unpaired) electrons. The lowest BCUT2D eigenvalue weighted by atomic mass is 9.88. The quantitative estimate of drug-likeness (QED) is 0.740. The lowest BCUT2D eigenvalue weighted by Gasteiger charge is -2.40. The smallest absolute Gasteiger partial charge is 0.0720 e. The van der Waals surface area contributed by atoms with Crippen molar-refractivity contribution in [1.82, 2.24) is 4.90 Å². The maximum Gasteiger partial charge on any atom is 0.0720 e. The molecule has 100 valence electrons. The van der Waals surface area contributed by atoms with Crippen LogP contribution in [0.2, 0.25) is 0 Å². The first-order valence-electron chi connectivity index (χ1n) is 6.64. The van der Waals surface area contributed by atoms with Gasteiger partial charge in [-0.2, -0.15) is 0 Å². The number of methoxy groups -OCH3 is 1. The number of likely N-dealkylation sites (N-methyl/N-ethyl adjacent to an activating group) is 1. The highest BCUT2D eigenvalue weighted by Gasteiger charge is 2.32. The van der Waals surface area contributed by atoms with Crippen molar-refractivity contribution in [3.8, 4) is 0 Å². The monoisotopic (exact) mass is 249 g/mol. The molecule has 1 aromatic carbocycles. The van der Waals surface area contributed by atoms with Crippen molar-refractivity contribution in [3.05, 3.63) is 35.9 Å². The molecule has 3 heteroatoms. The first-order chi connectivity index (χ1) is 8.79. The zero-order valence-corrected chi connectivity index (χ0v) is 11.3. The molecule has 0 aliphatic heterocycles. The third kappa shape index (κ3) is 3.80. The molecule has 0 atom stereocenters. The Morgan fingerprint density at radius 3 is 2.61 bits per heavy atom. The topological polar surface area (TPSA) is 21.7 Å². The average molecular weight is 249 g/mol. The summed E-state index contributed by atoms with van der Waals surface area (Å²) in [5.74, 6) is 0. The standard InChI is InChI=1S/C15H23NO2/c1-16(8-9-17-2)14-10-15(11-14)18-12-13-6-4-3-5-7-13/h3-7,14-15H,8-12H2,1-2H3. The van der Waals surface area contributed by atoms with E-state index in [2.05, 4.69) is 36.2 Å². The van der Waals surface area contributed by atoms with Gasteiger partial charge in [-0.1, -0.05) is 30.3 Å². The summed E-state index contributed by atoms with van der Waals surface area (Å²) in [4.78, 5) is 2.37. The minimum atomic E-state index is 0.431. The zero-order valence-electron chi connectivity index (χ0n) is 11.3. The minimum Gasteiger partial charge on any atom is -0.383 e. The summed E-state index contributed by atoms with van der Waals surface area (Å²) in [7, 11) is 3.91. The molecule has 1 saturated carbocycles. The Labute approximate surface area is 110 Å². The highest BCUT2D eigenvalue weighted by molar-refractivity contribution is 5.13. The number of hydrogen-bond donors (Lipinski definition) is 0. The Kier molecular flexibility index (Phi) is 5.17. The molecule has 3 nitrogen and oxygen atoms in total. The second-order valence-electron chi connectivity index (χ2n) is 5.02. The van der Waals surface area contributed by atoms with Crippen molar-refractivity contribution in [2.45, 2.75) is 31.6 Å². The molecule has 0 spiro atoms. The Hall–Kier alpha value is -0.900. The molecule has 1 aliphatic carbocycles. The van der Waals surface area contributed by atoms with E-state index in [0.29, 0.717) is 12.1 Å². The van der Waals surface area contributed by atoms with Crippen LogP contribution in [0.1, 0.15) is 18.4 Å². The van der Waals surface area contributed by atoms with Crippen LogP contribution >= 0.6 is 0 Å². The predicted molar refractivity (Wildman–Crippen MR) is 72.5 cm³/mol. The molecule has 0 bridgehead atoms. The van der Waals surface area contributed by atoms with Gasteiger partial charge in [0.2, 0.25) is 0 Å². The van der Waals surface area contributed by atoms with Gasteiger partial charge >= 0.3 is 0 Å². The van der Waals surface area contributed by atoms with Gasteiger partial charge in [0.05, 0.1) is 19.3 Å². The summed E-state index contributed by atoms with van der Waals surface area (Å²) in [5.41, 5.74) is 1.26. The van der Waals surface area contributed by atoms with Crippen LogP contribution in [0.5, 0.6) is 0 Å². The largest absolute Gasteiger partial charge is 0.383 e. The second-order valence-corrected chi connectivity index (χ2v) is 5.02. The maximum absolute atomic E-state index is 5.89. The molecule has 0 aromatic heterocycles. The van der Waals surface area contributed by atoms with Gasteiger partial charge in [0.15, 0.2) is 0 Å². The van der Waals surface area contributed by atoms with Crippen LogP contribution in [0.15, 0.2) is 30.3 Å². The van der Waals surface area contributed by atoms with Crippen molar-refractivity contribution in [1.29, 1.82) is 0 Å². The van der Waals surface area contributed by atoms with E-state index in [9.17, 15) is 0 Å². The van der Waals surface area contributed by atoms with Gasteiger partial charge in [0, 0.05) is 19.7 Å². The molecule has 0 amide bonds. The molecule has 0 heterocycles. The Morgan fingerprint density at radius 1 is 1.22 bits per heavy atom. The maximum atomic E-state index is 5.89. The van der Waals surface area contributed by atoms with Crippen molar-refractivity contribution in [3.63, 3.8) is 0 Å². The zero-order chi connectivity index (χ0) is 12.8. The lowest BCUT2D eigenvalue weighted by Crippen LogP contribution is -2.47. The van der Waals surface area contributed by atoms with Gasteiger partial charge in [-0.25, -0.2) is 0 Å². The number of rotatable bonds is 7. The summed E-state index contributed by atoms with van der Waals surface area (Å²) in [6.07, 6.45) is 2.72. The fourth-order valence-corrected chi connectivity index (χ4v) is 2.24. The predicted octanol–water partition coefficient (Wildman–Crippen LogP) is 2.31. The van der Waals surface area contributed by atoms with Gasteiger partial charge in [-0.15, -0.1) is 0 Å². The summed E-state index contributed by atoms with van der Waals surface area (Å²) in [5, 5.41) is 0. The number of benzene rings is 1. The first-order valence-corrected chi connectivity index (χ1v) is 6.64. The van der Waals surface area contributed by atoms with Crippen LogP contribution in [0.3, 0.4) is 0 Å². The molecule has 1 aliphatic rings. The Bertz CT molecular complexity index is 336. The molecule has 0 saturated heterocycles. The van der Waals surface area contributed by atoms with Gasteiger partial charge in [0.25, 0.3) is 0 Å². The van der Waals surface area contributed by atoms with E-state index in [-0.39, 0.29) is 0 Å². The van der Waals surface area contributed by atoms with Crippen molar-refractivity contribution in [2.75, 3.05) is 27.3 Å². The highest BCUT2D eigenvalue weighted by atomic mass is 16.5. The summed E-state index contributed by atoms with van der Waals surface area (Å²) in [6, 6.07) is 11.0. The van der Waals surface area contributed by atoms with E-state index in [1.807, 2.05) is 6.07 Å². The average Bonchev–Trinajstić information content (AvgIpc) is 2.35. The minimum absolute atomic E-state index is 0.431. The van der Waals surface area contributed by atoms with Gasteiger partial charge in [-0.3, -0.25) is 0 Å². The fraction of sp³-hybridized carbons (Fsp3) is 0.600. The van der Waals surface area contributed by atoms with Crippen molar-refractivity contribution < 1.29 is 9.47 Å². The van der Waals surface area contributed by atoms with Crippen LogP contribution in [0.4, 0.5) is 0 Å². The van der Waals surface area contributed by atoms with Crippen LogP contribution in [-0.4, -0.2) is 44.4 Å². The van der Waals surface area contributed by atoms with Gasteiger partial charge in [0.1, 0.15) is 0 Å². The van der Waals surface area contributed by atoms with Crippen LogP contribution in [0.25, 0.3) is 0 Å². The van der Waals surface area contributed by atoms with E-state index in [0.717, 1.165) is 32.6 Å². The van der Waals surface area contributed by atoms with E-state index in [4.69, 9.17) is 9.47 Å². The third-order valence-electron chi connectivity index (χ3n) is 3.67. The summed E-state index contributed by atoms with van der Waals surface area (Å²) in [6.45, 7) is 2.55. The third-order valence-corrected chi connectivity index (χ3v) is 3.67. The van der Waals surface area contributed by atoms with E-state index in [1.54, 1.807) is 7.11 Å².